The Kier molecular flexibility index (Phi) is 9.26. The average molecular weight is 520 g/mol. The van der Waals surface area contributed by atoms with E-state index in [0.717, 1.165) is 18.4 Å². The number of hydrogen-bond donors (Lipinski definition) is 2. The van der Waals surface area contributed by atoms with E-state index in [1.54, 1.807) is 30.5 Å². The van der Waals surface area contributed by atoms with Crippen molar-refractivity contribution in [2.45, 2.75) is 51.9 Å². The van der Waals surface area contributed by atoms with Crippen LogP contribution in [0.5, 0.6) is 0 Å². The second-order valence-electron chi connectivity index (χ2n) is 9.37. The molecule has 0 aliphatic carbocycles. The highest BCUT2D eigenvalue weighted by molar-refractivity contribution is 5.99. The van der Waals surface area contributed by atoms with Crippen LogP contribution in [0.15, 0.2) is 73.1 Å². The summed E-state index contributed by atoms with van der Waals surface area (Å²) in [5.41, 5.74) is 2.04. The molecule has 0 spiro atoms. The molecule has 4 rings (SSSR count). The fourth-order valence-corrected chi connectivity index (χ4v) is 4.78. The number of benzene rings is 2. The van der Waals surface area contributed by atoms with Gasteiger partial charge < -0.3 is 15.4 Å². The molecule has 1 saturated heterocycles. The van der Waals surface area contributed by atoms with Crippen molar-refractivity contribution in [3.05, 3.63) is 90.0 Å². The van der Waals surface area contributed by atoms with E-state index in [1.165, 1.54) is 12.3 Å². The normalized spacial score (nSPS) is 17.6. The van der Waals surface area contributed by atoms with Gasteiger partial charge in [0.25, 0.3) is 0 Å². The summed E-state index contributed by atoms with van der Waals surface area (Å²) < 4.78 is 21.0. The third-order valence-electron chi connectivity index (χ3n) is 6.72. The molecule has 3 aromatic rings. The highest BCUT2D eigenvalue weighted by Crippen LogP contribution is 2.26. The SMILES string of the molecule is CC[C@@H]1CN(Cc2cccc(NC(=O)Nc3cccnc3)c2F)C[C@H](CC)N1C(=O)OCc1ccccc1. The summed E-state index contributed by atoms with van der Waals surface area (Å²) in [7, 11) is 0. The Morgan fingerprint density at radius 1 is 0.974 bits per heavy atom. The van der Waals surface area contributed by atoms with Crippen LogP contribution in [0.2, 0.25) is 0 Å². The lowest BCUT2D eigenvalue weighted by molar-refractivity contribution is 0.00531. The van der Waals surface area contributed by atoms with E-state index in [1.807, 2.05) is 49.1 Å². The van der Waals surface area contributed by atoms with Gasteiger partial charge in [0.15, 0.2) is 5.82 Å². The first-order valence-corrected chi connectivity index (χ1v) is 12.9. The molecule has 0 radical (unpaired) electrons. The lowest BCUT2D eigenvalue weighted by Gasteiger charge is -2.46. The van der Waals surface area contributed by atoms with Gasteiger partial charge in [0.05, 0.1) is 17.6 Å². The van der Waals surface area contributed by atoms with E-state index in [2.05, 4.69) is 20.5 Å². The predicted molar refractivity (Wildman–Crippen MR) is 145 cm³/mol. The number of hydrogen-bond acceptors (Lipinski definition) is 5. The van der Waals surface area contributed by atoms with Crippen molar-refractivity contribution in [2.24, 2.45) is 0 Å². The van der Waals surface area contributed by atoms with Crippen LogP contribution in [0.1, 0.15) is 37.8 Å². The zero-order valence-corrected chi connectivity index (χ0v) is 21.8. The maximum atomic E-state index is 15.4. The largest absolute Gasteiger partial charge is 0.445 e. The summed E-state index contributed by atoms with van der Waals surface area (Å²) in [4.78, 5) is 33.4. The first-order chi connectivity index (χ1) is 18.5. The standard InChI is InChI=1S/C29H34FN5O3/c1-3-24-18-34(19-25(4-2)35(24)29(37)38-20-21-10-6-5-7-11-21)17-22-12-8-14-26(27(22)30)33-28(36)32-23-13-9-15-31-16-23/h5-16,24-25H,3-4,17-20H2,1-2H3,(H2,32,33,36)/t24-,25+. The number of pyridine rings is 1. The van der Waals surface area contributed by atoms with Crippen molar-refractivity contribution in [1.29, 1.82) is 0 Å². The first-order valence-electron chi connectivity index (χ1n) is 12.9. The molecule has 200 valence electrons. The molecule has 38 heavy (non-hydrogen) atoms. The van der Waals surface area contributed by atoms with Gasteiger partial charge in [-0.1, -0.05) is 56.3 Å². The van der Waals surface area contributed by atoms with Crippen LogP contribution in [0, 0.1) is 5.82 Å². The highest BCUT2D eigenvalue weighted by atomic mass is 19.1. The van der Waals surface area contributed by atoms with Crippen LogP contribution in [-0.2, 0) is 17.9 Å². The molecule has 0 unspecified atom stereocenters. The van der Waals surface area contributed by atoms with Crippen LogP contribution in [0.4, 0.5) is 25.4 Å². The van der Waals surface area contributed by atoms with E-state index in [9.17, 15) is 9.59 Å². The van der Waals surface area contributed by atoms with Crippen LogP contribution in [0.3, 0.4) is 0 Å². The first kappa shape index (κ1) is 27.1. The fraction of sp³-hybridized carbons (Fsp3) is 0.345. The average Bonchev–Trinajstić information content (AvgIpc) is 2.94. The molecule has 8 nitrogen and oxygen atoms in total. The molecule has 2 aromatic carbocycles. The topological polar surface area (TPSA) is 86.8 Å². The molecule has 0 saturated carbocycles. The van der Waals surface area contributed by atoms with E-state index in [4.69, 9.17) is 4.74 Å². The number of urea groups is 1. The summed E-state index contributed by atoms with van der Waals surface area (Å²) in [5.74, 6) is -0.473. The van der Waals surface area contributed by atoms with Gasteiger partial charge in [0.2, 0.25) is 0 Å². The Labute approximate surface area is 222 Å². The van der Waals surface area contributed by atoms with E-state index < -0.39 is 11.8 Å². The van der Waals surface area contributed by atoms with Crippen molar-refractivity contribution in [3.8, 4) is 0 Å². The molecule has 0 bridgehead atoms. The van der Waals surface area contributed by atoms with Crippen molar-refractivity contribution in [2.75, 3.05) is 23.7 Å². The third kappa shape index (κ3) is 6.86. The molecular formula is C29H34FN5O3. The monoisotopic (exact) mass is 519 g/mol. The molecule has 1 aromatic heterocycles. The number of carbonyl (C=O) groups excluding carboxylic acids is 2. The number of halogens is 1. The van der Waals surface area contributed by atoms with Crippen LogP contribution >= 0.6 is 0 Å². The van der Waals surface area contributed by atoms with E-state index >= 15 is 4.39 Å². The van der Waals surface area contributed by atoms with Crippen molar-refractivity contribution in [1.82, 2.24) is 14.8 Å². The maximum absolute atomic E-state index is 15.4. The van der Waals surface area contributed by atoms with Gasteiger partial charge in [0, 0.05) is 43.5 Å². The van der Waals surface area contributed by atoms with Crippen molar-refractivity contribution < 1.29 is 18.7 Å². The summed E-state index contributed by atoms with van der Waals surface area (Å²) in [6.07, 6.45) is 4.31. The highest BCUT2D eigenvalue weighted by Gasteiger charge is 2.37. The number of aromatic nitrogens is 1. The molecule has 1 aliphatic rings. The number of nitrogens with zero attached hydrogens (tertiary/aromatic N) is 3. The van der Waals surface area contributed by atoms with Crippen LogP contribution in [0.25, 0.3) is 0 Å². The Bertz CT molecular complexity index is 1200. The molecular weight excluding hydrogens is 485 g/mol. The number of ether oxygens (including phenoxy) is 1. The van der Waals surface area contributed by atoms with Gasteiger partial charge in [-0.25, -0.2) is 14.0 Å². The minimum Gasteiger partial charge on any atom is -0.445 e. The molecule has 9 heteroatoms. The molecule has 3 amide bonds. The Morgan fingerprint density at radius 3 is 2.37 bits per heavy atom. The zero-order valence-electron chi connectivity index (χ0n) is 21.8. The molecule has 2 N–H and O–H groups in total. The summed E-state index contributed by atoms with van der Waals surface area (Å²) in [6.45, 7) is 5.89. The predicted octanol–water partition coefficient (Wildman–Crippen LogP) is 5.88. The second kappa shape index (κ2) is 13.0. The molecule has 1 aliphatic heterocycles. The van der Waals surface area contributed by atoms with Gasteiger partial charge in [-0.3, -0.25) is 14.8 Å². The Morgan fingerprint density at radius 2 is 1.71 bits per heavy atom. The number of rotatable bonds is 8. The van der Waals surface area contributed by atoms with Crippen molar-refractivity contribution >= 4 is 23.5 Å². The van der Waals surface area contributed by atoms with E-state index in [-0.39, 0.29) is 30.5 Å². The van der Waals surface area contributed by atoms with Gasteiger partial charge in [0.1, 0.15) is 6.61 Å². The fourth-order valence-electron chi connectivity index (χ4n) is 4.78. The number of carbonyl (C=O) groups is 2. The summed E-state index contributed by atoms with van der Waals surface area (Å²) in [6, 6.07) is 17.4. The maximum Gasteiger partial charge on any atom is 0.410 e. The molecule has 2 atom stereocenters. The number of anilines is 2. The van der Waals surface area contributed by atoms with Crippen LogP contribution in [-0.4, -0.2) is 52.1 Å². The number of amides is 3. The second-order valence-corrected chi connectivity index (χ2v) is 9.37. The van der Waals surface area contributed by atoms with Crippen LogP contribution < -0.4 is 10.6 Å². The van der Waals surface area contributed by atoms with Gasteiger partial charge in [-0.15, -0.1) is 0 Å². The smallest absolute Gasteiger partial charge is 0.410 e. The Balaban J connectivity index is 1.40. The minimum absolute atomic E-state index is 0.0494. The van der Waals surface area contributed by atoms with E-state index in [0.29, 0.717) is 30.9 Å². The molecule has 2 heterocycles. The molecule has 1 fully saturated rings. The zero-order chi connectivity index (χ0) is 26.9. The Hall–Kier alpha value is -3.98. The third-order valence-corrected chi connectivity index (χ3v) is 6.72. The summed E-state index contributed by atoms with van der Waals surface area (Å²) in [5, 5.41) is 5.23. The quantitative estimate of drug-likeness (QED) is 0.388. The minimum atomic E-state index is -0.547. The van der Waals surface area contributed by atoms with Gasteiger partial charge >= 0.3 is 12.1 Å². The number of nitrogens with one attached hydrogen (secondary N) is 2. The van der Waals surface area contributed by atoms with Crippen molar-refractivity contribution in [3.63, 3.8) is 0 Å². The summed E-state index contributed by atoms with van der Waals surface area (Å²) >= 11 is 0. The lowest BCUT2D eigenvalue weighted by atomic mass is 10.0. The number of piperazine rings is 1. The van der Waals surface area contributed by atoms with Gasteiger partial charge in [-0.2, -0.15) is 0 Å². The van der Waals surface area contributed by atoms with Gasteiger partial charge in [-0.05, 0) is 36.6 Å². The lowest BCUT2D eigenvalue weighted by Crippen LogP contribution is -2.60.